The fourth-order valence-electron chi connectivity index (χ4n) is 4.45. The molecule has 209 valence electrons. The number of nitrogens with one attached hydrogen (secondary N) is 4. The van der Waals surface area contributed by atoms with Gasteiger partial charge in [0, 0.05) is 56.7 Å². The Morgan fingerprint density at radius 2 is 1.76 bits per heavy atom. The Morgan fingerprint density at radius 3 is 2.49 bits per heavy atom. The fraction of sp³-hybridized carbons (Fsp3) is 0.760. The van der Waals surface area contributed by atoms with Gasteiger partial charge in [0.1, 0.15) is 12.7 Å². The van der Waals surface area contributed by atoms with E-state index in [4.69, 9.17) is 9.47 Å². The minimum atomic E-state index is -0.672. The second-order valence-electron chi connectivity index (χ2n) is 9.56. The highest BCUT2D eigenvalue weighted by molar-refractivity contribution is 8.00. The Bertz CT molecular complexity index is 797. The summed E-state index contributed by atoms with van der Waals surface area (Å²) in [5, 5.41) is 12.0. The normalized spacial score (nSPS) is 21.7. The van der Waals surface area contributed by atoms with Crippen LogP contribution in [-0.4, -0.2) is 78.2 Å². The summed E-state index contributed by atoms with van der Waals surface area (Å²) in [6.07, 6.45) is 5.44. The molecule has 2 aliphatic rings. The van der Waals surface area contributed by atoms with Gasteiger partial charge < -0.3 is 30.7 Å². The van der Waals surface area contributed by atoms with E-state index in [1.54, 1.807) is 0 Å². The first kappa shape index (κ1) is 30.7. The summed E-state index contributed by atoms with van der Waals surface area (Å²) in [6.45, 7) is 6.90. The van der Waals surface area contributed by atoms with Crippen LogP contribution in [0.25, 0.3) is 0 Å². The first-order valence-electron chi connectivity index (χ1n) is 13.0. The van der Waals surface area contributed by atoms with E-state index in [0.29, 0.717) is 31.1 Å². The van der Waals surface area contributed by atoms with Crippen molar-refractivity contribution < 1.29 is 33.4 Å². The third kappa shape index (κ3) is 12.5. The van der Waals surface area contributed by atoms with Crippen LogP contribution < -0.4 is 21.3 Å². The minimum absolute atomic E-state index is 0.0431. The molecule has 37 heavy (non-hydrogen) atoms. The van der Waals surface area contributed by atoms with Gasteiger partial charge in [0.25, 0.3) is 0 Å². The van der Waals surface area contributed by atoms with Crippen molar-refractivity contribution in [2.45, 2.75) is 101 Å². The third-order valence-corrected chi connectivity index (χ3v) is 7.71. The first-order chi connectivity index (χ1) is 17.6. The van der Waals surface area contributed by atoms with Crippen molar-refractivity contribution >= 4 is 41.5 Å². The summed E-state index contributed by atoms with van der Waals surface area (Å²) in [5.41, 5.74) is 0. The van der Waals surface area contributed by atoms with Crippen molar-refractivity contribution in [2.75, 3.05) is 18.9 Å². The van der Waals surface area contributed by atoms with Crippen LogP contribution in [0.2, 0.25) is 0 Å². The van der Waals surface area contributed by atoms with Crippen molar-refractivity contribution in [1.82, 2.24) is 21.3 Å². The second kappa shape index (κ2) is 16.4. The lowest BCUT2D eigenvalue weighted by molar-refractivity contribution is -0.156. The van der Waals surface area contributed by atoms with E-state index < -0.39 is 24.1 Å². The molecular weight excluding hydrogens is 500 g/mol. The van der Waals surface area contributed by atoms with E-state index in [-0.39, 0.29) is 43.0 Å². The highest BCUT2D eigenvalue weighted by atomic mass is 32.2. The SMILES string of the molecule is [CH2]C(CC(COC(C)=O)OC(C)=O)NC(=O)CCCCCNC(=O)CCCCC1SC[C@@H]2NC(=O)N[C@H]12. The lowest BCUT2D eigenvalue weighted by Gasteiger charge is -2.21. The van der Waals surface area contributed by atoms with Crippen molar-refractivity contribution in [2.24, 2.45) is 0 Å². The zero-order valence-corrected chi connectivity index (χ0v) is 22.7. The highest BCUT2D eigenvalue weighted by Crippen LogP contribution is 2.33. The number of esters is 2. The van der Waals surface area contributed by atoms with Crippen LogP contribution >= 0.6 is 11.8 Å². The number of carbonyl (C=O) groups is 5. The molecular formula is C25H41N4O7S. The molecule has 1 radical (unpaired) electrons. The third-order valence-electron chi connectivity index (χ3n) is 6.20. The number of fused-ring (bicyclic) bond motifs is 1. The van der Waals surface area contributed by atoms with Crippen LogP contribution in [0.5, 0.6) is 0 Å². The molecule has 3 unspecified atom stereocenters. The van der Waals surface area contributed by atoms with Crippen LogP contribution in [0.4, 0.5) is 4.79 Å². The van der Waals surface area contributed by atoms with Crippen LogP contribution in [0.3, 0.4) is 0 Å². The number of hydrogen-bond acceptors (Lipinski definition) is 8. The zero-order chi connectivity index (χ0) is 27.2. The largest absolute Gasteiger partial charge is 0.462 e. The smallest absolute Gasteiger partial charge is 0.315 e. The van der Waals surface area contributed by atoms with E-state index in [1.807, 2.05) is 11.8 Å². The Kier molecular flexibility index (Phi) is 13.6. The molecule has 0 bridgehead atoms. The summed E-state index contributed by atoms with van der Waals surface area (Å²) >= 11 is 1.89. The van der Waals surface area contributed by atoms with Gasteiger partial charge in [0.2, 0.25) is 11.8 Å². The molecule has 4 N–H and O–H groups in total. The number of rotatable bonds is 17. The van der Waals surface area contributed by atoms with Gasteiger partial charge in [-0.3, -0.25) is 19.2 Å². The standard InChI is InChI=1S/C25H41N4O7S/c1-16(13-19(36-18(3)31)14-35-17(2)30)27-23(33)11-5-4-8-12-26-22(32)10-7-6-9-21-24-20(15-37-21)28-25(34)29-24/h16,19-21,24H,1,4-15H2,2-3H3,(H,26,32)(H,27,33)(H2,28,29,34)/t16?,19?,20-,21?,24-/m0/s1. The average molecular weight is 542 g/mol. The summed E-state index contributed by atoms with van der Waals surface area (Å²) < 4.78 is 10.0. The maximum Gasteiger partial charge on any atom is 0.315 e. The molecule has 2 saturated heterocycles. The number of amides is 4. The molecule has 12 heteroatoms. The maximum absolute atomic E-state index is 12.1. The number of carbonyl (C=O) groups excluding carboxylic acids is 5. The molecule has 2 heterocycles. The fourth-order valence-corrected chi connectivity index (χ4v) is 5.99. The van der Waals surface area contributed by atoms with Gasteiger partial charge in [-0.2, -0.15) is 11.8 Å². The zero-order valence-electron chi connectivity index (χ0n) is 21.8. The molecule has 0 spiro atoms. The maximum atomic E-state index is 12.1. The van der Waals surface area contributed by atoms with Crippen LogP contribution in [0.1, 0.15) is 71.6 Å². The lowest BCUT2D eigenvalue weighted by atomic mass is 10.0. The molecule has 0 aliphatic carbocycles. The quantitative estimate of drug-likeness (QED) is 0.123. The van der Waals surface area contributed by atoms with Crippen LogP contribution in [0, 0.1) is 6.92 Å². The van der Waals surface area contributed by atoms with Gasteiger partial charge in [-0.05, 0) is 32.6 Å². The van der Waals surface area contributed by atoms with Crippen molar-refractivity contribution in [3.63, 3.8) is 0 Å². The van der Waals surface area contributed by atoms with Crippen LogP contribution in [0.15, 0.2) is 0 Å². The molecule has 2 fully saturated rings. The van der Waals surface area contributed by atoms with E-state index in [2.05, 4.69) is 28.2 Å². The topological polar surface area (TPSA) is 152 Å². The molecule has 0 aromatic carbocycles. The van der Waals surface area contributed by atoms with Gasteiger partial charge >= 0.3 is 18.0 Å². The molecule has 4 amide bonds. The summed E-state index contributed by atoms with van der Waals surface area (Å²) in [7, 11) is 0. The number of unbranched alkanes of at least 4 members (excludes halogenated alkanes) is 3. The van der Waals surface area contributed by atoms with Gasteiger partial charge in [0.15, 0.2) is 0 Å². The Hall–Kier alpha value is -2.50. The number of hydrogen-bond donors (Lipinski definition) is 4. The molecule has 0 aromatic rings. The molecule has 11 nitrogen and oxygen atoms in total. The highest BCUT2D eigenvalue weighted by Gasteiger charge is 2.42. The van der Waals surface area contributed by atoms with Crippen molar-refractivity contribution in [3.05, 3.63) is 6.92 Å². The van der Waals surface area contributed by atoms with Crippen molar-refractivity contribution in [1.29, 1.82) is 0 Å². The minimum Gasteiger partial charge on any atom is -0.462 e. The number of thioether (sulfide) groups is 1. The van der Waals surface area contributed by atoms with Gasteiger partial charge in [-0.25, -0.2) is 4.79 Å². The summed E-state index contributed by atoms with van der Waals surface area (Å²) in [4.78, 5) is 57.8. The molecule has 2 rings (SSSR count). The molecule has 2 aliphatic heterocycles. The Morgan fingerprint density at radius 1 is 1.03 bits per heavy atom. The summed E-state index contributed by atoms with van der Waals surface area (Å²) in [5.74, 6) is -0.143. The predicted molar refractivity (Wildman–Crippen MR) is 140 cm³/mol. The molecule has 0 aromatic heterocycles. The Balaban J connectivity index is 1.46. The van der Waals surface area contributed by atoms with Gasteiger partial charge in [0.05, 0.1) is 12.1 Å². The van der Waals surface area contributed by atoms with Gasteiger partial charge in [-0.1, -0.05) is 12.8 Å². The lowest BCUT2D eigenvalue weighted by Crippen LogP contribution is -2.37. The molecule has 5 atom stereocenters. The second-order valence-corrected chi connectivity index (χ2v) is 10.8. The van der Waals surface area contributed by atoms with E-state index in [0.717, 1.165) is 37.9 Å². The average Bonchev–Trinajstić information content (AvgIpc) is 3.36. The van der Waals surface area contributed by atoms with E-state index >= 15 is 0 Å². The first-order valence-corrected chi connectivity index (χ1v) is 14.1. The monoisotopic (exact) mass is 541 g/mol. The number of urea groups is 1. The Labute approximate surface area is 223 Å². The molecule has 0 saturated carbocycles. The van der Waals surface area contributed by atoms with E-state index in [1.165, 1.54) is 13.8 Å². The van der Waals surface area contributed by atoms with Crippen molar-refractivity contribution in [3.8, 4) is 0 Å². The summed E-state index contributed by atoms with van der Waals surface area (Å²) in [6, 6.07) is -0.128. The van der Waals surface area contributed by atoms with Gasteiger partial charge in [-0.15, -0.1) is 0 Å². The predicted octanol–water partition coefficient (Wildman–Crippen LogP) is 1.59. The number of ether oxygens (including phenoxy) is 2. The van der Waals surface area contributed by atoms with Crippen LogP contribution in [-0.2, 0) is 28.7 Å². The van der Waals surface area contributed by atoms with E-state index in [9.17, 15) is 24.0 Å².